The van der Waals surface area contributed by atoms with E-state index in [0.717, 1.165) is 31.0 Å². The molecule has 0 radical (unpaired) electrons. The van der Waals surface area contributed by atoms with Gasteiger partial charge in [0.05, 0.1) is 0 Å². The van der Waals surface area contributed by atoms with E-state index < -0.39 is 12.9 Å². The number of nitrogens with zero attached hydrogens (tertiary/aromatic N) is 1. The van der Waals surface area contributed by atoms with Gasteiger partial charge in [-0.3, -0.25) is 4.90 Å². The van der Waals surface area contributed by atoms with E-state index >= 15 is 0 Å². The maximum absolute atomic E-state index is 13.4. The van der Waals surface area contributed by atoms with Gasteiger partial charge in [-0.25, -0.2) is 4.39 Å². The molecule has 1 heterocycles. The van der Waals surface area contributed by atoms with Gasteiger partial charge in [-0.2, -0.15) is 0 Å². The topological polar surface area (TPSA) is 43.7 Å². The van der Waals surface area contributed by atoms with Gasteiger partial charge in [0.15, 0.2) is 0 Å². The van der Waals surface area contributed by atoms with Crippen LogP contribution in [0.1, 0.15) is 32.3 Å². The van der Waals surface area contributed by atoms with E-state index in [1.807, 2.05) is 0 Å². The molecule has 0 amide bonds. The first-order chi connectivity index (χ1) is 8.38. The minimum absolute atomic E-state index is 0.129. The first-order valence-corrected chi connectivity index (χ1v) is 6.29. The first-order valence-electron chi connectivity index (χ1n) is 6.29. The van der Waals surface area contributed by atoms with Gasteiger partial charge in [0, 0.05) is 12.1 Å². The van der Waals surface area contributed by atoms with Crippen molar-refractivity contribution in [2.24, 2.45) is 0 Å². The molecule has 0 aromatic heterocycles. The molecule has 0 spiro atoms. The lowest BCUT2D eigenvalue weighted by Crippen LogP contribution is -2.38. The predicted molar refractivity (Wildman–Crippen MR) is 69.9 cm³/mol. The van der Waals surface area contributed by atoms with Crippen LogP contribution in [0.25, 0.3) is 0 Å². The summed E-state index contributed by atoms with van der Waals surface area (Å²) < 4.78 is 13.4. The molecule has 0 atom stereocenters. The minimum Gasteiger partial charge on any atom is -0.423 e. The van der Waals surface area contributed by atoms with E-state index in [0.29, 0.717) is 6.54 Å². The lowest BCUT2D eigenvalue weighted by atomic mass is 9.79. The second kappa shape index (κ2) is 5.00. The van der Waals surface area contributed by atoms with E-state index in [4.69, 9.17) is 10.0 Å². The van der Waals surface area contributed by atoms with Crippen molar-refractivity contribution in [2.75, 3.05) is 6.54 Å². The Hall–Kier alpha value is -0.905. The maximum atomic E-state index is 13.4. The average molecular weight is 251 g/mol. The lowest BCUT2D eigenvalue weighted by Gasteiger charge is -2.31. The van der Waals surface area contributed by atoms with Gasteiger partial charge >= 0.3 is 7.12 Å². The summed E-state index contributed by atoms with van der Waals surface area (Å²) in [6.45, 7) is 6.01. The van der Waals surface area contributed by atoms with Crippen LogP contribution in [0.2, 0.25) is 0 Å². The zero-order chi connectivity index (χ0) is 13.3. The zero-order valence-corrected chi connectivity index (χ0v) is 10.9. The summed E-state index contributed by atoms with van der Waals surface area (Å²) in [6, 6.07) is 4.27. The molecule has 1 aliphatic rings. The minimum atomic E-state index is -1.62. The number of hydrogen-bond acceptors (Lipinski definition) is 3. The molecule has 5 heteroatoms. The highest BCUT2D eigenvalue weighted by molar-refractivity contribution is 6.58. The highest BCUT2D eigenvalue weighted by atomic mass is 19.1. The van der Waals surface area contributed by atoms with Gasteiger partial charge in [0.25, 0.3) is 0 Å². The van der Waals surface area contributed by atoms with Gasteiger partial charge < -0.3 is 10.0 Å². The van der Waals surface area contributed by atoms with E-state index in [1.165, 1.54) is 6.07 Å². The van der Waals surface area contributed by atoms with Crippen molar-refractivity contribution in [3.63, 3.8) is 0 Å². The standard InChI is InChI=1S/C13H19BFNO2/c1-13(2)4-3-5-16(13)9-10-6-11(14(17)18)8-12(15)7-10/h6-8,17-18H,3-5,9H2,1-2H3. The Morgan fingerprint density at radius 2 is 2.06 bits per heavy atom. The molecule has 1 fully saturated rings. The third kappa shape index (κ3) is 2.91. The van der Waals surface area contributed by atoms with Crippen molar-refractivity contribution in [3.8, 4) is 0 Å². The largest absolute Gasteiger partial charge is 0.488 e. The highest BCUT2D eigenvalue weighted by Gasteiger charge is 2.31. The van der Waals surface area contributed by atoms with Crippen molar-refractivity contribution in [1.29, 1.82) is 0 Å². The summed E-state index contributed by atoms with van der Waals surface area (Å²) in [4.78, 5) is 2.30. The number of benzene rings is 1. The molecular formula is C13H19BFNO2. The van der Waals surface area contributed by atoms with Crippen molar-refractivity contribution >= 4 is 12.6 Å². The summed E-state index contributed by atoms with van der Waals surface area (Å²) in [5.74, 6) is -0.424. The van der Waals surface area contributed by atoms with Crippen molar-refractivity contribution in [2.45, 2.75) is 38.8 Å². The Kier molecular flexibility index (Phi) is 3.75. The number of hydrogen-bond donors (Lipinski definition) is 2. The SMILES string of the molecule is CC1(C)CCCN1Cc1cc(F)cc(B(O)O)c1. The fourth-order valence-corrected chi connectivity index (χ4v) is 2.59. The average Bonchev–Trinajstić information content (AvgIpc) is 2.57. The second-order valence-corrected chi connectivity index (χ2v) is 5.60. The second-order valence-electron chi connectivity index (χ2n) is 5.60. The quantitative estimate of drug-likeness (QED) is 0.784. The normalized spacial score (nSPS) is 19.2. The van der Waals surface area contributed by atoms with Crippen LogP contribution in [0.4, 0.5) is 4.39 Å². The van der Waals surface area contributed by atoms with Gasteiger partial charge in [0.2, 0.25) is 0 Å². The first kappa shape index (κ1) is 13.5. The molecule has 2 rings (SSSR count). The van der Waals surface area contributed by atoms with E-state index in [9.17, 15) is 4.39 Å². The summed E-state index contributed by atoms with van der Waals surface area (Å²) in [5, 5.41) is 18.2. The molecule has 3 nitrogen and oxygen atoms in total. The molecule has 98 valence electrons. The van der Waals surface area contributed by atoms with Crippen molar-refractivity contribution < 1.29 is 14.4 Å². The van der Waals surface area contributed by atoms with Gasteiger partial charge in [0.1, 0.15) is 5.82 Å². The van der Waals surface area contributed by atoms with E-state index in [1.54, 1.807) is 6.07 Å². The molecule has 0 bridgehead atoms. The van der Waals surface area contributed by atoms with Crippen LogP contribution in [-0.4, -0.2) is 34.2 Å². The summed E-state index contributed by atoms with van der Waals surface area (Å²) in [6.07, 6.45) is 2.29. The van der Waals surface area contributed by atoms with Gasteiger partial charge in [-0.15, -0.1) is 0 Å². The lowest BCUT2D eigenvalue weighted by molar-refractivity contribution is 0.166. The number of rotatable bonds is 3. The Morgan fingerprint density at radius 1 is 1.33 bits per heavy atom. The van der Waals surface area contributed by atoms with E-state index in [-0.39, 0.29) is 11.0 Å². The number of halogens is 1. The summed E-state index contributed by atoms with van der Waals surface area (Å²) >= 11 is 0. The van der Waals surface area contributed by atoms with Gasteiger partial charge in [-0.05, 0) is 56.4 Å². The highest BCUT2D eigenvalue weighted by Crippen LogP contribution is 2.29. The van der Waals surface area contributed by atoms with Crippen LogP contribution in [0.5, 0.6) is 0 Å². The molecule has 1 aliphatic heterocycles. The molecule has 0 unspecified atom stereocenters. The maximum Gasteiger partial charge on any atom is 0.488 e. The van der Waals surface area contributed by atoms with Crippen LogP contribution in [0.15, 0.2) is 18.2 Å². The van der Waals surface area contributed by atoms with Crippen LogP contribution >= 0.6 is 0 Å². The third-order valence-corrected chi connectivity index (χ3v) is 3.72. The fourth-order valence-electron chi connectivity index (χ4n) is 2.59. The predicted octanol–water partition coefficient (Wildman–Crippen LogP) is 0.880. The third-order valence-electron chi connectivity index (χ3n) is 3.72. The van der Waals surface area contributed by atoms with Crippen molar-refractivity contribution in [1.82, 2.24) is 4.90 Å². The summed E-state index contributed by atoms with van der Waals surface area (Å²) in [7, 11) is -1.62. The summed E-state index contributed by atoms with van der Waals surface area (Å²) in [5.41, 5.74) is 1.12. The smallest absolute Gasteiger partial charge is 0.423 e. The Morgan fingerprint density at radius 3 is 2.61 bits per heavy atom. The van der Waals surface area contributed by atoms with Crippen molar-refractivity contribution in [3.05, 3.63) is 29.6 Å². The molecule has 0 saturated carbocycles. The fraction of sp³-hybridized carbons (Fsp3) is 0.538. The van der Waals surface area contributed by atoms with Crippen LogP contribution < -0.4 is 5.46 Å². The molecule has 1 saturated heterocycles. The van der Waals surface area contributed by atoms with Crippen LogP contribution in [-0.2, 0) is 6.54 Å². The Bertz CT molecular complexity index is 437. The molecular weight excluding hydrogens is 232 g/mol. The number of likely N-dealkylation sites (tertiary alicyclic amines) is 1. The van der Waals surface area contributed by atoms with E-state index in [2.05, 4.69) is 18.7 Å². The molecule has 1 aromatic rings. The molecule has 1 aromatic carbocycles. The molecule has 2 N–H and O–H groups in total. The molecule has 0 aliphatic carbocycles. The zero-order valence-electron chi connectivity index (χ0n) is 10.9. The van der Waals surface area contributed by atoms with Crippen LogP contribution in [0.3, 0.4) is 0 Å². The monoisotopic (exact) mass is 251 g/mol. The Balaban J connectivity index is 2.19. The molecule has 18 heavy (non-hydrogen) atoms. The van der Waals surface area contributed by atoms with Crippen LogP contribution in [0, 0.1) is 5.82 Å². The Labute approximate surface area is 107 Å². The van der Waals surface area contributed by atoms with Gasteiger partial charge in [-0.1, -0.05) is 6.07 Å².